The first-order valence-electron chi connectivity index (χ1n) is 9.13. The van der Waals surface area contributed by atoms with Gasteiger partial charge >= 0.3 is 23.9 Å². The van der Waals surface area contributed by atoms with Crippen LogP contribution in [0.4, 0.5) is 0 Å². The predicted molar refractivity (Wildman–Crippen MR) is 110 cm³/mol. The molecule has 0 radical (unpaired) electrons. The van der Waals surface area contributed by atoms with Gasteiger partial charge < -0.3 is 25.6 Å². The highest BCUT2D eigenvalue weighted by atomic mass is 16.7. The Labute approximate surface area is 181 Å². The van der Waals surface area contributed by atoms with Crippen molar-refractivity contribution in [2.75, 3.05) is 0 Å². The van der Waals surface area contributed by atoms with Crippen LogP contribution in [0.2, 0.25) is 0 Å². The van der Waals surface area contributed by atoms with E-state index in [4.69, 9.17) is 10.9 Å². The Bertz CT molecular complexity index is 1040. The molecule has 0 aliphatic carbocycles. The van der Waals surface area contributed by atoms with E-state index < -0.39 is 41.3 Å². The lowest BCUT2D eigenvalue weighted by Crippen LogP contribution is -2.42. The zero-order valence-electron chi connectivity index (χ0n) is 16.6. The molecule has 32 heavy (non-hydrogen) atoms. The third-order valence-corrected chi connectivity index (χ3v) is 3.98. The summed E-state index contributed by atoms with van der Waals surface area (Å²) in [7, 11) is 0. The number of carboxylic acid groups (broad SMARTS) is 1. The van der Waals surface area contributed by atoms with E-state index in [0.29, 0.717) is 11.1 Å². The van der Waals surface area contributed by atoms with Gasteiger partial charge in [-0.3, -0.25) is 0 Å². The van der Waals surface area contributed by atoms with Gasteiger partial charge in [0.25, 0.3) is 0 Å². The first kappa shape index (κ1) is 23.9. The van der Waals surface area contributed by atoms with Crippen molar-refractivity contribution in [3.8, 4) is 0 Å². The molecule has 11 heteroatoms. The minimum absolute atomic E-state index is 0.144. The normalized spacial score (nSPS) is 12.5. The minimum Gasteiger partial charge on any atom is -0.477 e. The van der Waals surface area contributed by atoms with Crippen molar-refractivity contribution in [3.63, 3.8) is 0 Å². The SMILES string of the molecule is NC(C(=O)ON=C(Cc1ccccc1)C(=O)O)C(=O)OC(=O)C(Cc1ccccc1)=NO. The molecule has 0 aliphatic rings. The average Bonchev–Trinajstić information content (AvgIpc) is 2.80. The number of ether oxygens (including phenoxy) is 1. The molecule has 0 saturated heterocycles. The molecule has 2 aromatic rings. The number of esters is 2. The number of aliphatic carboxylic acids is 1. The van der Waals surface area contributed by atoms with E-state index in [2.05, 4.69) is 19.9 Å². The fourth-order valence-electron chi connectivity index (χ4n) is 2.34. The summed E-state index contributed by atoms with van der Waals surface area (Å²) in [6, 6.07) is 14.7. The molecule has 11 nitrogen and oxygen atoms in total. The lowest BCUT2D eigenvalue weighted by Gasteiger charge is -2.09. The predicted octanol–water partition coefficient (Wildman–Crippen LogP) is 0.683. The molecule has 0 heterocycles. The van der Waals surface area contributed by atoms with E-state index in [1.54, 1.807) is 60.7 Å². The van der Waals surface area contributed by atoms with E-state index in [0.717, 1.165) is 0 Å². The van der Waals surface area contributed by atoms with Gasteiger partial charge in [-0.25, -0.2) is 19.2 Å². The maximum atomic E-state index is 12.0. The molecule has 4 N–H and O–H groups in total. The quantitative estimate of drug-likeness (QED) is 0.126. The van der Waals surface area contributed by atoms with Crippen LogP contribution in [0, 0.1) is 0 Å². The van der Waals surface area contributed by atoms with Crippen LogP contribution < -0.4 is 5.73 Å². The average molecular weight is 441 g/mol. The monoisotopic (exact) mass is 441 g/mol. The largest absolute Gasteiger partial charge is 0.477 e. The molecule has 0 aromatic heterocycles. The molecule has 0 fully saturated rings. The minimum atomic E-state index is -2.09. The Morgan fingerprint density at radius 3 is 1.81 bits per heavy atom. The molecule has 1 unspecified atom stereocenters. The van der Waals surface area contributed by atoms with Crippen molar-refractivity contribution in [1.82, 2.24) is 0 Å². The Morgan fingerprint density at radius 1 is 0.844 bits per heavy atom. The van der Waals surface area contributed by atoms with Crippen LogP contribution in [-0.2, 0) is 41.6 Å². The summed E-state index contributed by atoms with van der Waals surface area (Å²) in [4.78, 5) is 51.7. The van der Waals surface area contributed by atoms with Crippen LogP contribution in [-0.4, -0.2) is 51.7 Å². The first-order chi connectivity index (χ1) is 15.3. The van der Waals surface area contributed by atoms with Crippen LogP contribution in [0.5, 0.6) is 0 Å². The molecule has 0 bridgehead atoms. The highest BCUT2D eigenvalue weighted by Crippen LogP contribution is 2.05. The van der Waals surface area contributed by atoms with Crippen LogP contribution >= 0.6 is 0 Å². The van der Waals surface area contributed by atoms with Gasteiger partial charge in [-0.2, -0.15) is 0 Å². The number of carbonyl (C=O) groups excluding carboxylic acids is 3. The molecular weight excluding hydrogens is 422 g/mol. The number of nitrogens with two attached hydrogens (primary N) is 1. The van der Waals surface area contributed by atoms with Crippen LogP contribution in [0.25, 0.3) is 0 Å². The number of benzene rings is 2. The molecule has 0 amide bonds. The van der Waals surface area contributed by atoms with Gasteiger partial charge in [0.2, 0.25) is 6.04 Å². The smallest absolute Gasteiger partial charge is 0.364 e. The van der Waals surface area contributed by atoms with Gasteiger partial charge in [-0.15, -0.1) is 0 Å². The lowest BCUT2D eigenvalue weighted by molar-refractivity contribution is -0.161. The summed E-state index contributed by atoms with van der Waals surface area (Å²) in [6.45, 7) is 0. The van der Waals surface area contributed by atoms with Crippen molar-refractivity contribution >= 4 is 35.3 Å². The van der Waals surface area contributed by atoms with E-state index in [-0.39, 0.29) is 12.8 Å². The summed E-state index contributed by atoms with van der Waals surface area (Å²) in [5.74, 6) is -5.70. The molecule has 0 spiro atoms. The van der Waals surface area contributed by atoms with E-state index in [9.17, 15) is 24.3 Å². The van der Waals surface area contributed by atoms with Gasteiger partial charge in [0.1, 0.15) is 0 Å². The first-order valence-corrected chi connectivity index (χ1v) is 9.13. The lowest BCUT2D eigenvalue weighted by atomic mass is 10.1. The van der Waals surface area contributed by atoms with Gasteiger partial charge in [0.05, 0.1) is 0 Å². The number of nitrogens with zero attached hydrogens (tertiary/aromatic N) is 2. The van der Waals surface area contributed by atoms with Crippen molar-refractivity contribution in [3.05, 3.63) is 71.8 Å². The molecular formula is C21H19N3O8. The van der Waals surface area contributed by atoms with Crippen molar-refractivity contribution in [1.29, 1.82) is 0 Å². The third-order valence-electron chi connectivity index (χ3n) is 3.98. The molecule has 1 atom stereocenters. The summed E-state index contributed by atoms with van der Waals surface area (Å²) in [5, 5.41) is 24.3. The summed E-state index contributed by atoms with van der Waals surface area (Å²) < 4.78 is 4.45. The van der Waals surface area contributed by atoms with Crippen LogP contribution in [0.15, 0.2) is 71.0 Å². The maximum absolute atomic E-state index is 12.0. The van der Waals surface area contributed by atoms with Crippen molar-refractivity contribution in [2.24, 2.45) is 16.0 Å². The van der Waals surface area contributed by atoms with E-state index >= 15 is 0 Å². The number of carboxylic acids is 1. The fourth-order valence-corrected chi connectivity index (χ4v) is 2.34. The topological polar surface area (TPSA) is 178 Å². The van der Waals surface area contributed by atoms with E-state index in [1.165, 1.54) is 0 Å². The highest BCUT2D eigenvalue weighted by Gasteiger charge is 2.30. The number of oxime groups is 2. The van der Waals surface area contributed by atoms with Crippen molar-refractivity contribution < 1.29 is 39.1 Å². The van der Waals surface area contributed by atoms with Gasteiger partial charge in [-0.05, 0) is 11.1 Å². The Morgan fingerprint density at radius 2 is 1.34 bits per heavy atom. The Hall–Kier alpha value is -4.38. The summed E-state index contributed by atoms with van der Waals surface area (Å²) in [6.07, 6.45) is -0.299. The van der Waals surface area contributed by atoms with Crippen LogP contribution in [0.1, 0.15) is 11.1 Å². The van der Waals surface area contributed by atoms with E-state index in [1.807, 2.05) is 0 Å². The molecule has 166 valence electrons. The third kappa shape index (κ3) is 7.15. The Kier molecular flexibility index (Phi) is 8.75. The maximum Gasteiger partial charge on any atom is 0.364 e. The molecule has 2 aromatic carbocycles. The highest BCUT2D eigenvalue weighted by molar-refractivity contribution is 6.38. The number of rotatable bonds is 9. The zero-order chi connectivity index (χ0) is 23.5. The second kappa shape index (κ2) is 11.7. The standard InChI is InChI=1S/C21H19N3O8/c22-17(20(28)31-19(27)16(23-30)12-14-9-5-2-6-10-14)21(29)32-24-15(18(25)26)11-13-7-3-1-4-8-13/h1-10,17,30H,11-12,22H2,(H,25,26). The summed E-state index contributed by atoms with van der Waals surface area (Å²) >= 11 is 0. The van der Waals surface area contributed by atoms with Crippen LogP contribution in [0.3, 0.4) is 0 Å². The second-order valence-corrected chi connectivity index (χ2v) is 6.31. The van der Waals surface area contributed by atoms with Gasteiger partial charge in [0.15, 0.2) is 11.4 Å². The van der Waals surface area contributed by atoms with Gasteiger partial charge in [-0.1, -0.05) is 71.0 Å². The summed E-state index contributed by atoms with van der Waals surface area (Å²) in [5.41, 5.74) is 5.57. The van der Waals surface area contributed by atoms with Crippen molar-refractivity contribution in [2.45, 2.75) is 18.9 Å². The molecule has 0 saturated carbocycles. The number of carbonyl (C=O) groups is 4. The number of hydrogen-bond donors (Lipinski definition) is 3. The zero-order valence-corrected chi connectivity index (χ0v) is 16.6. The number of hydrogen-bond acceptors (Lipinski definition) is 10. The van der Waals surface area contributed by atoms with Gasteiger partial charge in [0, 0.05) is 12.8 Å². The molecule has 2 rings (SSSR count). The Balaban J connectivity index is 1.96. The second-order valence-electron chi connectivity index (χ2n) is 6.31. The molecule has 0 aliphatic heterocycles. The fraction of sp³-hybridized carbons (Fsp3) is 0.143.